The van der Waals surface area contributed by atoms with E-state index < -0.39 is 0 Å². The SMILES string of the molecule is NCCc1nc(C2CSCCS2)no1. The summed E-state index contributed by atoms with van der Waals surface area (Å²) < 4.78 is 5.09. The second kappa shape index (κ2) is 5.04. The van der Waals surface area contributed by atoms with Crippen molar-refractivity contribution < 1.29 is 4.52 Å². The Bertz CT molecular complexity index is 286. The van der Waals surface area contributed by atoms with Crippen LogP contribution in [0, 0.1) is 0 Å². The van der Waals surface area contributed by atoms with E-state index in [-0.39, 0.29) is 0 Å². The van der Waals surface area contributed by atoms with Gasteiger partial charge in [0.2, 0.25) is 5.89 Å². The van der Waals surface area contributed by atoms with Crippen LogP contribution in [0.1, 0.15) is 17.0 Å². The molecule has 1 aromatic rings. The van der Waals surface area contributed by atoms with Gasteiger partial charge in [0.25, 0.3) is 0 Å². The van der Waals surface area contributed by atoms with E-state index in [1.54, 1.807) is 0 Å². The lowest BCUT2D eigenvalue weighted by Gasteiger charge is -2.16. The van der Waals surface area contributed by atoms with Gasteiger partial charge in [-0.05, 0) is 0 Å². The minimum absolute atomic E-state index is 0.407. The van der Waals surface area contributed by atoms with Gasteiger partial charge in [-0.25, -0.2) is 0 Å². The van der Waals surface area contributed by atoms with Gasteiger partial charge >= 0.3 is 0 Å². The van der Waals surface area contributed by atoms with E-state index in [0.717, 1.165) is 11.6 Å². The van der Waals surface area contributed by atoms with Crippen LogP contribution in [0.4, 0.5) is 0 Å². The average Bonchev–Trinajstić information content (AvgIpc) is 2.68. The van der Waals surface area contributed by atoms with Crippen molar-refractivity contribution in [2.24, 2.45) is 5.73 Å². The zero-order valence-corrected chi connectivity index (χ0v) is 9.44. The van der Waals surface area contributed by atoms with Crippen molar-refractivity contribution in [3.63, 3.8) is 0 Å². The number of hydrogen-bond donors (Lipinski definition) is 1. The van der Waals surface area contributed by atoms with Crippen molar-refractivity contribution >= 4 is 23.5 Å². The molecule has 78 valence electrons. The van der Waals surface area contributed by atoms with E-state index >= 15 is 0 Å². The largest absolute Gasteiger partial charge is 0.339 e. The first-order valence-electron chi connectivity index (χ1n) is 4.62. The molecule has 1 atom stereocenters. The van der Waals surface area contributed by atoms with Gasteiger partial charge in [0.15, 0.2) is 5.82 Å². The van der Waals surface area contributed by atoms with Gasteiger partial charge in [0.1, 0.15) is 0 Å². The highest BCUT2D eigenvalue weighted by molar-refractivity contribution is 8.06. The fraction of sp³-hybridized carbons (Fsp3) is 0.750. The average molecular weight is 231 g/mol. The maximum absolute atomic E-state index is 5.41. The predicted molar refractivity (Wildman–Crippen MR) is 59.6 cm³/mol. The number of aromatic nitrogens is 2. The van der Waals surface area contributed by atoms with Crippen molar-refractivity contribution in [2.45, 2.75) is 11.7 Å². The quantitative estimate of drug-likeness (QED) is 0.840. The summed E-state index contributed by atoms with van der Waals surface area (Å²) in [6.07, 6.45) is 0.678. The van der Waals surface area contributed by atoms with E-state index in [2.05, 4.69) is 10.1 Å². The maximum atomic E-state index is 5.41. The summed E-state index contributed by atoms with van der Waals surface area (Å²) in [4.78, 5) is 4.33. The van der Waals surface area contributed by atoms with Crippen LogP contribution in [0.5, 0.6) is 0 Å². The molecular formula is C8H13N3OS2. The number of hydrogen-bond acceptors (Lipinski definition) is 6. The monoisotopic (exact) mass is 231 g/mol. The van der Waals surface area contributed by atoms with Gasteiger partial charge in [-0.3, -0.25) is 0 Å². The van der Waals surface area contributed by atoms with Gasteiger partial charge in [-0.2, -0.15) is 16.7 Å². The lowest BCUT2D eigenvalue weighted by Crippen LogP contribution is -2.08. The van der Waals surface area contributed by atoms with Crippen LogP contribution < -0.4 is 5.73 Å². The normalized spacial score (nSPS) is 22.5. The molecule has 0 saturated carbocycles. The summed E-state index contributed by atoms with van der Waals surface area (Å²) in [7, 11) is 0. The Labute approximate surface area is 91.4 Å². The van der Waals surface area contributed by atoms with E-state index in [4.69, 9.17) is 10.3 Å². The van der Waals surface area contributed by atoms with E-state index in [1.165, 1.54) is 11.5 Å². The molecule has 1 saturated heterocycles. The van der Waals surface area contributed by atoms with Gasteiger partial charge in [0, 0.05) is 30.2 Å². The number of rotatable bonds is 3. The Morgan fingerprint density at radius 1 is 1.50 bits per heavy atom. The van der Waals surface area contributed by atoms with Crippen LogP contribution in [-0.2, 0) is 6.42 Å². The highest BCUT2D eigenvalue weighted by atomic mass is 32.2. The molecule has 6 heteroatoms. The minimum atomic E-state index is 0.407. The third kappa shape index (κ3) is 2.43. The molecule has 1 aliphatic heterocycles. The third-order valence-electron chi connectivity index (χ3n) is 1.95. The summed E-state index contributed by atoms with van der Waals surface area (Å²) in [6.45, 7) is 0.564. The first kappa shape index (κ1) is 10.3. The molecule has 2 heterocycles. The molecule has 0 aliphatic carbocycles. The summed E-state index contributed by atoms with van der Waals surface area (Å²) in [6, 6.07) is 0. The molecule has 4 nitrogen and oxygen atoms in total. The Morgan fingerprint density at radius 2 is 2.43 bits per heavy atom. The molecule has 14 heavy (non-hydrogen) atoms. The van der Waals surface area contributed by atoms with E-state index in [9.17, 15) is 0 Å². The molecule has 1 aliphatic rings. The second-order valence-electron chi connectivity index (χ2n) is 3.02. The maximum Gasteiger partial charge on any atom is 0.227 e. The Hall–Kier alpha value is -0.200. The first-order valence-corrected chi connectivity index (χ1v) is 6.82. The zero-order valence-electron chi connectivity index (χ0n) is 7.81. The van der Waals surface area contributed by atoms with Gasteiger partial charge in [0.05, 0.1) is 5.25 Å². The fourth-order valence-corrected chi connectivity index (χ4v) is 3.85. The summed E-state index contributed by atoms with van der Waals surface area (Å²) in [5, 5.41) is 4.39. The van der Waals surface area contributed by atoms with Crippen LogP contribution in [0.3, 0.4) is 0 Å². The number of nitrogens with zero attached hydrogens (tertiary/aromatic N) is 2. The lowest BCUT2D eigenvalue weighted by molar-refractivity contribution is 0.374. The van der Waals surface area contributed by atoms with Crippen LogP contribution in [0.25, 0.3) is 0 Å². The molecule has 0 radical (unpaired) electrons. The first-order chi connectivity index (χ1) is 6.90. The van der Waals surface area contributed by atoms with Crippen LogP contribution in [0.15, 0.2) is 4.52 Å². The summed E-state index contributed by atoms with van der Waals surface area (Å²) >= 11 is 3.86. The summed E-state index contributed by atoms with van der Waals surface area (Å²) in [5.74, 6) is 5.00. The summed E-state index contributed by atoms with van der Waals surface area (Å²) in [5.41, 5.74) is 5.41. The standard InChI is InChI=1S/C8H13N3OS2/c9-2-1-7-10-8(11-12-7)6-5-13-3-4-14-6/h6H,1-5,9H2. The molecule has 1 unspecified atom stereocenters. The van der Waals surface area contributed by atoms with Gasteiger partial charge < -0.3 is 10.3 Å². The molecule has 0 bridgehead atoms. The Balaban J connectivity index is 2.00. The van der Waals surface area contributed by atoms with Crippen molar-refractivity contribution in [1.82, 2.24) is 10.1 Å². The highest BCUT2D eigenvalue weighted by Crippen LogP contribution is 2.34. The molecule has 2 rings (SSSR count). The molecule has 1 fully saturated rings. The van der Waals surface area contributed by atoms with Crippen LogP contribution in [-0.4, -0.2) is 33.9 Å². The van der Waals surface area contributed by atoms with Crippen LogP contribution in [0.2, 0.25) is 0 Å². The minimum Gasteiger partial charge on any atom is -0.339 e. The van der Waals surface area contributed by atoms with Crippen molar-refractivity contribution in [3.8, 4) is 0 Å². The highest BCUT2D eigenvalue weighted by Gasteiger charge is 2.21. The second-order valence-corrected chi connectivity index (χ2v) is 5.48. The molecule has 0 aromatic carbocycles. The van der Waals surface area contributed by atoms with E-state index in [0.29, 0.717) is 24.1 Å². The van der Waals surface area contributed by atoms with Gasteiger partial charge in [-0.15, -0.1) is 11.8 Å². The van der Waals surface area contributed by atoms with E-state index in [1.807, 2.05) is 23.5 Å². The molecule has 0 spiro atoms. The smallest absolute Gasteiger partial charge is 0.227 e. The van der Waals surface area contributed by atoms with Gasteiger partial charge in [-0.1, -0.05) is 5.16 Å². The molecule has 2 N–H and O–H groups in total. The zero-order chi connectivity index (χ0) is 9.80. The number of nitrogens with two attached hydrogens (primary N) is 1. The Morgan fingerprint density at radius 3 is 3.14 bits per heavy atom. The third-order valence-corrected chi connectivity index (χ3v) is 4.70. The Kier molecular flexibility index (Phi) is 3.72. The predicted octanol–water partition coefficient (Wildman–Crippen LogP) is 1.09. The lowest BCUT2D eigenvalue weighted by atomic mass is 10.4. The topological polar surface area (TPSA) is 64.9 Å². The number of thioether (sulfide) groups is 2. The van der Waals surface area contributed by atoms with Crippen molar-refractivity contribution in [3.05, 3.63) is 11.7 Å². The molecular weight excluding hydrogens is 218 g/mol. The van der Waals surface area contributed by atoms with Crippen LogP contribution >= 0.6 is 23.5 Å². The fourth-order valence-electron chi connectivity index (χ4n) is 1.26. The molecule has 1 aromatic heterocycles. The van der Waals surface area contributed by atoms with Crippen molar-refractivity contribution in [2.75, 3.05) is 23.8 Å². The van der Waals surface area contributed by atoms with Crippen molar-refractivity contribution in [1.29, 1.82) is 0 Å². The molecule has 0 amide bonds.